The molecule has 2 aliphatic rings. The van der Waals surface area contributed by atoms with Gasteiger partial charge in [0.15, 0.2) is 0 Å². The average Bonchev–Trinajstić information content (AvgIpc) is 2.80. The number of nitrogens with two attached hydrogens (primary N) is 1. The molecule has 11 heteroatoms. The number of benzene rings is 1. The largest absolute Gasteiger partial charge is 0.433 e. The number of nitrogens with zero attached hydrogens (tertiary/aromatic N) is 4. The maximum absolute atomic E-state index is 14.2. The molecule has 178 valence electrons. The topological polar surface area (TPSA) is 76.6 Å². The third kappa shape index (κ3) is 5.51. The summed E-state index contributed by atoms with van der Waals surface area (Å²) < 4.78 is 66.5. The van der Waals surface area contributed by atoms with Crippen LogP contribution in [0.2, 0.25) is 0 Å². The molecule has 2 aromatic rings. The molecule has 1 aromatic heterocycles. The summed E-state index contributed by atoms with van der Waals surface area (Å²) in [5, 5.41) is 4.26. The van der Waals surface area contributed by atoms with Crippen LogP contribution >= 0.6 is 0 Å². The predicted octanol–water partition coefficient (Wildman–Crippen LogP) is 5.06. The molecule has 33 heavy (non-hydrogen) atoms. The van der Waals surface area contributed by atoms with Crippen LogP contribution in [0, 0.1) is 11.6 Å². The van der Waals surface area contributed by atoms with Crippen molar-refractivity contribution in [1.29, 1.82) is 0 Å². The normalized spacial score (nSPS) is 20.1. The first-order chi connectivity index (χ1) is 15.7. The predicted molar refractivity (Wildman–Crippen MR) is 113 cm³/mol. The summed E-state index contributed by atoms with van der Waals surface area (Å²) in [5.41, 5.74) is 5.45. The molecular weight excluding hydrogens is 445 g/mol. The van der Waals surface area contributed by atoms with E-state index >= 15 is 0 Å². The second-order valence-electron chi connectivity index (χ2n) is 8.36. The summed E-state index contributed by atoms with van der Waals surface area (Å²) in [4.78, 5) is 15.0. The van der Waals surface area contributed by atoms with Crippen molar-refractivity contribution in [1.82, 2.24) is 9.97 Å². The van der Waals surface area contributed by atoms with Gasteiger partial charge in [0.25, 0.3) is 0 Å². The first kappa shape index (κ1) is 23.2. The van der Waals surface area contributed by atoms with E-state index < -0.39 is 23.5 Å². The van der Waals surface area contributed by atoms with Crippen LogP contribution in [0.4, 0.5) is 33.6 Å². The number of halogens is 5. The Labute approximate surface area is 187 Å². The fourth-order valence-electron chi connectivity index (χ4n) is 4.21. The van der Waals surface area contributed by atoms with E-state index in [1.165, 1.54) is 6.07 Å². The minimum atomic E-state index is -4.51. The van der Waals surface area contributed by atoms with Gasteiger partial charge in [0, 0.05) is 38.2 Å². The van der Waals surface area contributed by atoms with Crippen molar-refractivity contribution in [2.45, 2.75) is 56.7 Å². The molecule has 1 saturated heterocycles. The van der Waals surface area contributed by atoms with Crippen LogP contribution in [0.5, 0.6) is 0 Å². The Morgan fingerprint density at radius 3 is 2.39 bits per heavy atom. The number of alkyl halides is 3. The van der Waals surface area contributed by atoms with E-state index in [-0.39, 0.29) is 23.7 Å². The molecule has 2 heterocycles. The lowest BCUT2D eigenvalue weighted by Crippen LogP contribution is -2.38. The third-order valence-corrected chi connectivity index (χ3v) is 6.11. The van der Waals surface area contributed by atoms with E-state index in [2.05, 4.69) is 15.1 Å². The van der Waals surface area contributed by atoms with Gasteiger partial charge >= 0.3 is 6.18 Å². The highest BCUT2D eigenvalue weighted by atomic mass is 19.4. The van der Waals surface area contributed by atoms with Gasteiger partial charge in [0.1, 0.15) is 23.4 Å². The van der Waals surface area contributed by atoms with Crippen LogP contribution < -0.4 is 10.6 Å². The van der Waals surface area contributed by atoms with Gasteiger partial charge in [-0.3, -0.25) is 0 Å². The summed E-state index contributed by atoms with van der Waals surface area (Å²) in [6.07, 6.45) is 0.106. The van der Waals surface area contributed by atoms with Crippen molar-refractivity contribution in [2.75, 3.05) is 23.7 Å². The van der Waals surface area contributed by atoms with Gasteiger partial charge in [-0.05, 0) is 49.3 Å². The van der Waals surface area contributed by atoms with E-state index in [4.69, 9.17) is 10.6 Å². The van der Waals surface area contributed by atoms with E-state index in [1.54, 1.807) is 4.90 Å². The quantitative estimate of drug-likeness (QED) is 0.385. The summed E-state index contributed by atoms with van der Waals surface area (Å²) in [5.74, 6) is -1.16. The Kier molecular flexibility index (Phi) is 6.66. The molecule has 0 radical (unpaired) electrons. The van der Waals surface area contributed by atoms with E-state index in [0.717, 1.165) is 24.0 Å². The summed E-state index contributed by atoms with van der Waals surface area (Å²) in [7, 11) is 0. The van der Waals surface area contributed by atoms with Gasteiger partial charge in [0.2, 0.25) is 5.95 Å². The zero-order chi connectivity index (χ0) is 23.6. The zero-order valence-electron chi connectivity index (χ0n) is 17.8. The average molecular weight is 469 g/mol. The Morgan fingerprint density at radius 2 is 1.73 bits per heavy atom. The number of piperidine rings is 1. The number of oxime groups is 1. The number of hydrogen-bond acceptors (Lipinski definition) is 6. The molecule has 0 unspecified atom stereocenters. The SMILES string of the molecule is Nc1cc(F)c(C2CCC(=NOC3CCN(c4nccc(C(F)(F)F)n4)CC3)CC2)cc1F. The molecule has 0 atom stereocenters. The molecule has 4 rings (SSSR count). The smallest absolute Gasteiger partial charge is 0.396 e. The number of aromatic nitrogens is 2. The van der Waals surface area contributed by atoms with Crippen molar-refractivity contribution >= 4 is 17.3 Å². The highest BCUT2D eigenvalue weighted by molar-refractivity contribution is 5.84. The molecule has 0 amide bonds. The van der Waals surface area contributed by atoms with Gasteiger partial charge in [-0.15, -0.1) is 0 Å². The summed E-state index contributed by atoms with van der Waals surface area (Å²) in [6, 6.07) is 3.05. The lowest BCUT2D eigenvalue weighted by molar-refractivity contribution is -0.141. The van der Waals surface area contributed by atoms with Crippen molar-refractivity contribution in [3.05, 3.63) is 47.3 Å². The minimum absolute atomic E-state index is 0.0549. The summed E-state index contributed by atoms with van der Waals surface area (Å²) in [6.45, 7) is 0.918. The second kappa shape index (κ2) is 9.48. The van der Waals surface area contributed by atoms with E-state index in [0.29, 0.717) is 57.2 Å². The molecule has 1 saturated carbocycles. The fourth-order valence-corrected chi connectivity index (χ4v) is 4.21. The van der Waals surface area contributed by atoms with Crippen LogP contribution in [0.15, 0.2) is 29.6 Å². The van der Waals surface area contributed by atoms with Gasteiger partial charge in [-0.2, -0.15) is 13.2 Å². The van der Waals surface area contributed by atoms with Crippen molar-refractivity contribution in [3.63, 3.8) is 0 Å². The van der Waals surface area contributed by atoms with Gasteiger partial charge in [-0.1, -0.05) is 5.16 Å². The number of hydrogen-bond donors (Lipinski definition) is 1. The molecule has 1 aliphatic heterocycles. The lowest BCUT2D eigenvalue weighted by atomic mass is 9.83. The van der Waals surface area contributed by atoms with E-state index in [1.807, 2.05) is 0 Å². The molecule has 6 nitrogen and oxygen atoms in total. The van der Waals surface area contributed by atoms with Gasteiger partial charge in [0.05, 0.1) is 11.4 Å². The number of anilines is 2. The van der Waals surface area contributed by atoms with Crippen LogP contribution in [0.3, 0.4) is 0 Å². The highest BCUT2D eigenvalue weighted by Gasteiger charge is 2.34. The first-order valence-electron chi connectivity index (χ1n) is 10.8. The molecular formula is C22H24F5N5O. The van der Waals surface area contributed by atoms with Crippen LogP contribution in [-0.4, -0.2) is 34.9 Å². The Morgan fingerprint density at radius 1 is 1.03 bits per heavy atom. The fraction of sp³-hybridized carbons (Fsp3) is 0.500. The monoisotopic (exact) mass is 469 g/mol. The van der Waals surface area contributed by atoms with E-state index in [9.17, 15) is 22.0 Å². The van der Waals surface area contributed by atoms with Gasteiger partial charge in [-0.25, -0.2) is 18.7 Å². The maximum atomic E-state index is 14.2. The van der Waals surface area contributed by atoms with Crippen molar-refractivity contribution in [2.24, 2.45) is 5.16 Å². The standard InChI is InChI=1S/C22H24F5N5O/c23-17-12-19(28)18(24)11-16(17)13-1-3-14(4-2-13)31-33-15-6-9-32(10-7-15)21-29-8-5-20(30-21)22(25,26)27/h5,8,11-13,15H,1-4,6-7,9-10,28H2. The number of rotatable bonds is 4. The lowest BCUT2D eigenvalue weighted by Gasteiger charge is -2.31. The highest BCUT2D eigenvalue weighted by Crippen LogP contribution is 2.35. The Hall–Kier alpha value is -2.98. The van der Waals surface area contributed by atoms with Crippen LogP contribution in [-0.2, 0) is 11.0 Å². The summed E-state index contributed by atoms with van der Waals surface area (Å²) >= 11 is 0. The maximum Gasteiger partial charge on any atom is 0.433 e. The molecule has 0 bridgehead atoms. The molecule has 2 fully saturated rings. The number of nitrogen functional groups attached to an aromatic ring is 1. The third-order valence-electron chi connectivity index (χ3n) is 6.11. The zero-order valence-corrected chi connectivity index (χ0v) is 17.8. The van der Waals surface area contributed by atoms with Crippen LogP contribution in [0.25, 0.3) is 0 Å². The molecule has 2 N–H and O–H groups in total. The first-order valence-corrected chi connectivity index (χ1v) is 10.8. The Bertz CT molecular complexity index is 1010. The van der Waals surface area contributed by atoms with Crippen molar-refractivity contribution in [3.8, 4) is 0 Å². The van der Waals surface area contributed by atoms with Crippen molar-refractivity contribution < 1.29 is 26.8 Å². The Balaban J connectivity index is 1.27. The van der Waals surface area contributed by atoms with Gasteiger partial charge < -0.3 is 15.5 Å². The van der Waals surface area contributed by atoms with Crippen LogP contribution in [0.1, 0.15) is 55.7 Å². The molecule has 1 aliphatic carbocycles. The molecule has 1 aromatic carbocycles. The second-order valence-corrected chi connectivity index (χ2v) is 8.36. The molecule has 0 spiro atoms. The minimum Gasteiger partial charge on any atom is -0.396 e.